The minimum atomic E-state index is -3.76. The van der Waals surface area contributed by atoms with Crippen LogP contribution in [-0.4, -0.2) is 29.9 Å². The Balaban J connectivity index is 1.58. The van der Waals surface area contributed by atoms with Gasteiger partial charge in [-0.1, -0.05) is 11.6 Å². The SMILES string of the molecule is O=C(COC(=O)c1cc(Cl)ccc1O)Nc1ccc2c(c1)OC(F)(F)O2. The number of amides is 1. The molecule has 0 aliphatic carbocycles. The fourth-order valence-corrected chi connectivity index (χ4v) is 2.28. The largest absolute Gasteiger partial charge is 0.586 e. The van der Waals surface area contributed by atoms with E-state index in [9.17, 15) is 23.5 Å². The Kier molecular flexibility index (Phi) is 4.56. The van der Waals surface area contributed by atoms with Gasteiger partial charge in [0.15, 0.2) is 18.1 Å². The molecule has 2 aromatic carbocycles. The molecule has 0 saturated heterocycles. The summed E-state index contributed by atoms with van der Waals surface area (Å²) >= 11 is 5.72. The molecule has 2 N–H and O–H groups in total. The first-order valence-corrected chi connectivity index (χ1v) is 7.47. The van der Waals surface area contributed by atoms with Crippen molar-refractivity contribution in [2.45, 2.75) is 6.29 Å². The van der Waals surface area contributed by atoms with Gasteiger partial charge < -0.3 is 24.6 Å². The first kappa shape index (κ1) is 17.7. The smallest absolute Gasteiger partial charge is 0.507 e. The van der Waals surface area contributed by atoms with Crippen molar-refractivity contribution in [2.24, 2.45) is 0 Å². The summed E-state index contributed by atoms with van der Waals surface area (Å²) in [5.41, 5.74) is -0.0627. The summed E-state index contributed by atoms with van der Waals surface area (Å²) in [6, 6.07) is 7.42. The van der Waals surface area contributed by atoms with Crippen LogP contribution in [0.25, 0.3) is 0 Å². The molecule has 0 saturated carbocycles. The quantitative estimate of drug-likeness (QED) is 0.785. The van der Waals surface area contributed by atoms with E-state index in [0.29, 0.717) is 0 Å². The van der Waals surface area contributed by atoms with Crippen LogP contribution < -0.4 is 14.8 Å². The van der Waals surface area contributed by atoms with E-state index < -0.39 is 24.8 Å². The summed E-state index contributed by atoms with van der Waals surface area (Å²) in [5.74, 6) is -2.45. The van der Waals surface area contributed by atoms with E-state index in [-0.39, 0.29) is 33.5 Å². The molecule has 0 radical (unpaired) electrons. The monoisotopic (exact) mass is 385 g/mol. The van der Waals surface area contributed by atoms with Crippen LogP contribution in [0.3, 0.4) is 0 Å². The van der Waals surface area contributed by atoms with Crippen molar-refractivity contribution in [1.82, 2.24) is 0 Å². The maximum absolute atomic E-state index is 12.9. The number of carbonyl (C=O) groups is 2. The highest BCUT2D eigenvalue weighted by atomic mass is 35.5. The summed E-state index contributed by atoms with van der Waals surface area (Å²) in [5, 5.41) is 12.1. The van der Waals surface area contributed by atoms with Gasteiger partial charge in [0.05, 0.1) is 0 Å². The maximum atomic E-state index is 12.9. The van der Waals surface area contributed by atoms with Crippen LogP contribution in [-0.2, 0) is 9.53 Å². The summed E-state index contributed by atoms with van der Waals surface area (Å²) in [7, 11) is 0. The molecular formula is C16H10ClF2NO6. The van der Waals surface area contributed by atoms with Crippen molar-refractivity contribution < 1.29 is 37.7 Å². The third-order valence-corrected chi connectivity index (χ3v) is 3.43. The molecule has 1 aliphatic heterocycles. The summed E-state index contributed by atoms with van der Waals surface area (Å²) < 4.78 is 39.2. The van der Waals surface area contributed by atoms with Crippen LogP contribution >= 0.6 is 11.6 Å². The van der Waals surface area contributed by atoms with Gasteiger partial charge in [0, 0.05) is 16.8 Å². The van der Waals surface area contributed by atoms with E-state index in [1.807, 2.05) is 0 Å². The third-order valence-electron chi connectivity index (χ3n) is 3.20. The van der Waals surface area contributed by atoms with E-state index in [2.05, 4.69) is 14.8 Å². The number of phenolic OH excluding ortho intramolecular Hbond substituents is 1. The van der Waals surface area contributed by atoms with Gasteiger partial charge in [0.1, 0.15) is 11.3 Å². The van der Waals surface area contributed by atoms with Gasteiger partial charge >= 0.3 is 12.3 Å². The number of carbonyl (C=O) groups excluding carboxylic acids is 2. The van der Waals surface area contributed by atoms with Gasteiger partial charge in [-0.05, 0) is 30.3 Å². The number of benzene rings is 2. The number of fused-ring (bicyclic) bond motifs is 1. The van der Waals surface area contributed by atoms with Crippen molar-refractivity contribution in [3.05, 3.63) is 47.0 Å². The molecule has 10 heteroatoms. The Morgan fingerprint density at radius 1 is 1.15 bits per heavy atom. The number of anilines is 1. The number of hydrogen-bond acceptors (Lipinski definition) is 6. The van der Waals surface area contributed by atoms with Crippen LogP contribution in [0.1, 0.15) is 10.4 Å². The van der Waals surface area contributed by atoms with Gasteiger partial charge in [-0.2, -0.15) is 0 Å². The van der Waals surface area contributed by atoms with Crippen molar-refractivity contribution in [3.63, 3.8) is 0 Å². The Morgan fingerprint density at radius 2 is 1.88 bits per heavy atom. The summed E-state index contributed by atoms with van der Waals surface area (Å²) in [4.78, 5) is 23.7. The second-order valence-electron chi connectivity index (χ2n) is 5.11. The van der Waals surface area contributed by atoms with Crippen LogP contribution in [0.15, 0.2) is 36.4 Å². The number of rotatable bonds is 4. The van der Waals surface area contributed by atoms with Gasteiger partial charge in [0.25, 0.3) is 5.91 Å². The fraction of sp³-hybridized carbons (Fsp3) is 0.125. The van der Waals surface area contributed by atoms with E-state index in [1.54, 1.807) is 0 Å². The Bertz CT molecular complexity index is 889. The molecule has 1 amide bonds. The number of aromatic hydroxyl groups is 1. The van der Waals surface area contributed by atoms with Crippen LogP contribution in [0, 0.1) is 0 Å². The number of esters is 1. The summed E-state index contributed by atoms with van der Waals surface area (Å²) in [6.07, 6.45) is -3.76. The van der Waals surface area contributed by atoms with E-state index >= 15 is 0 Å². The van der Waals surface area contributed by atoms with Gasteiger partial charge in [-0.3, -0.25) is 4.79 Å². The first-order chi connectivity index (χ1) is 12.2. The molecule has 0 unspecified atom stereocenters. The zero-order valence-electron chi connectivity index (χ0n) is 12.8. The molecule has 0 spiro atoms. The van der Waals surface area contributed by atoms with E-state index in [4.69, 9.17) is 16.3 Å². The lowest BCUT2D eigenvalue weighted by Crippen LogP contribution is -2.25. The third kappa shape index (κ3) is 3.94. The highest BCUT2D eigenvalue weighted by Crippen LogP contribution is 2.42. The van der Waals surface area contributed by atoms with Crippen LogP contribution in [0.5, 0.6) is 17.2 Å². The molecule has 0 atom stereocenters. The normalized spacial score (nSPS) is 14.0. The minimum Gasteiger partial charge on any atom is -0.507 e. The zero-order valence-corrected chi connectivity index (χ0v) is 13.5. The van der Waals surface area contributed by atoms with Crippen LogP contribution in [0.2, 0.25) is 5.02 Å². The fourth-order valence-electron chi connectivity index (χ4n) is 2.10. The molecule has 0 bridgehead atoms. The molecule has 1 aliphatic rings. The minimum absolute atomic E-state index is 0.136. The zero-order chi connectivity index (χ0) is 18.9. The average molecular weight is 386 g/mol. The number of phenols is 1. The standard InChI is InChI=1S/C16H10ClF2NO6/c17-8-1-3-11(21)10(5-8)15(23)24-7-14(22)20-9-2-4-12-13(6-9)26-16(18,19)25-12/h1-6,21H,7H2,(H,20,22). The Hall–Kier alpha value is -3.07. The second kappa shape index (κ2) is 6.68. The van der Waals surface area contributed by atoms with Crippen molar-refractivity contribution in [1.29, 1.82) is 0 Å². The first-order valence-electron chi connectivity index (χ1n) is 7.09. The number of hydrogen-bond donors (Lipinski definition) is 2. The van der Waals surface area contributed by atoms with Crippen molar-refractivity contribution in [3.8, 4) is 17.2 Å². The van der Waals surface area contributed by atoms with Gasteiger partial charge in [-0.25, -0.2) is 4.79 Å². The highest BCUT2D eigenvalue weighted by Gasteiger charge is 2.43. The molecule has 0 fully saturated rings. The number of halogens is 3. The second-order valence-corrected chi connectivity index (χ2v) is 5.55. The molecule has 26 heavy (non-hydrogen) atoms. The number of nitrogens with one attached hydrogen (secondary N) is 1. The average Bonchev–Trinajstić information content (AvgIpc) is 2.88. The Labute approximate surface area is 150 Å². The van der Waals surface area contributed by atoms with Gasteiger partial charge in [-0.15, -0.1) is 8.78 Å². The number of ether oxygens (including phenoxy) is 3. The molecule has 136 valence electrons. The molecule has 3 rings (SSSR count). The van der Waals surface area contributed by atoms with Crippen LogP contribution in [0.4, 0.5) is 14.5 Å². The molecule has 2 aromatic rings. The maximum Gasteiger partial charge on any atom is 0.586 e. The predicted octanol–water partition coefficient (Wildman–Crippen LogP) is 3.16. The highest BCUT2D eigenvalue weighted by molar-refractivity contribution is 6.31. The topological polar surface area (TPSA) is 94.1 Å². The lowest BCUT2D eigenvalue weighted by molar-refractivity contribution is -0.286. The molecule has 0 aromatic heterocycles. The van der Waals surface area contributed by atoms with Crippen molar-refractivity contribution >= 4 is 29.2 Å². The predicted molar refractivity (Wildman–Crippen MR) is 84.7 cm³/mol. The molecule has 1 heterocycles. The molecule has 7 nitrogen and oxygen atoms in total. The number of alkyl halides is 2. The van der Waals surface area contributed by atoms with Crippen molar-refractivity contribution in [2.75, 3.05) is 11.9 Å². The summed E-state index contributed by atoms with van der Waals surface area (Å²) in [6.45, 7) is -0.671. The molecular weight excluding hydrogens is 376 g/mol. The van der Waals surface area contributed by atoms with Gasteiger partial charge in [0.2, 0.25) is 0 Å². The lowest BCUT2D eigenvalue weighted by atomic mass is 10.2. The van der Waals surface area contributed by atoms with E-state index in [0.717, 1.165) is 6.07 Å². The van der Waals surface area contributed by atoms with E-state index in [1.165, 1.54) is 30.3 Å². The Morgan fingerprint density at radius 3 is 2.65 bits per heavy atom. The lowest BCUT2D eigenvalue weighted by Gasteiger charge is -2.08.